The van der Waals surface area contributed by atoms with Gasteiger partial charge in [-0.1, -0.05) is 6.07 Å². The molecule has 0 aliphatic carbocycles. The van der Waals surface area contributed by atoms with Crippen LogP contribution in [0.3, 0.4) is 0 Å². The maximum absolute atomic E-state index is 13.9. The van der Waals surface area contributed by atoms with Gasteiger partial charge >= 0.3 is 0 Å². The molecule has 0 aromatic heterocycles. The van der Waals surface area contributed by atoms with Crippen LogP contribution < -0.4 is 20.9 Å². The third-order valence-electron chi connectivity index (χ3n) is 3.94. The Labute approximate surface area is 153 Å². The minimum Gasteiger partial charge on any atom is -0.365 e. The summed E-state index contributed by atoms with van der Waals surface area (Å²) in [5.41, 5.74) is -0.296. The highest BCUT2D eigenvalue weighted by Crippen LogP contribution is 2.26. The predicted molar refractivity (Wildman–Crippen MR) is 99.4 cm³/mol. The standard InChI is InChI=1S/C18H27F2N5O/c1-18(2,3)24-15(26)10-22-17(21-4)23-12-8-9-25(11-12)16-13(19)6-5-7-14(16)20/h5-7,12H,8-11H2,1-4H3,(H,24,26)(H2,21,22,23). The van der Waals surface area contributed by atoms with Crippen molar-refractivity contribution < 1.29 is 13.6 Å². The number of guanidine groups is 1. The summed E-state index contributed by atoms with van der Waals surface area (Å²) in [6.07, 6.45) is 0.711. The van der Waals surface area contributed by atoms with Crippen LogP contribution in [0.15, 0.2) is 23.2 Å². The van der Waals surface area contributed by atoms with E-state index in [1.54, 1.807) is 11.9 Å². The first-order chi connectivity index (χ1) is 12.2. The fourth-order valence-electron chi connectivity index (χ4n) is 2.89. The number of halogens is 2. The van der Waals surface area contributed by atoms with Crippen molar-refractivity contribution in [3.63, 3.8) is 0 Å². The van der Waals surface area contributed by atoms with Gasteiger partial charge in [0.2, 0.25) is 5.91 Å². The predicted octanol–water partition coefficient (Wildman–Crippen LogP) is 1.62. The molecular formula is C18H27F2N5O. The quantitative estimate of drug-likeness (QED) is 0.559. The average molecular weight is 367 g/mol. The molecule has 26 heavy (non-hydrogen) atoms. The van der Waals surface area contributed by atoms with Gasteiger partial charge in [0.25, 0.3) is 0 Å². The number of benzene rings is 1. The first-order valence-electron chi connectivity index (χ1n) is 8.67. The molecule has 1 aliphatic heterocycles. The van der Waals surface area contributed by atoms with Crippen molar-refractivity contribution in [1.29, 1.82) is 0 Å². The molecule has 0 spiro atoms. The fourth-order valence-corrected chi connectivity index (χ4v) is 2.89. The number of rotatable bonds is 4. The van der Waals surface area contributed by atoms with Gasteiger partial charge in [0.05, 0.1) is 6.54 Å². The molecule has 1 atom stereocenters. The van der Waals surface area contributed by atoms with Crippen molar-refractivity contribution in [1.82, 2.24) is 16.0 Å². The number of aliphatic imine (C=N–C) groups is 1. The zero-order valence-corrected chi connectivity index (χ0v) is 15.7. The third kappa shape index (κ3) is 5.57. The van der Waals surface area contributed by atoms with E-state index in [4.69, 9.17) is 0 Å². The zero-order valence-electron chi connectivity index (χ0n) is 15.7. The Hall–Kier alpha value is -2.38. The maximum Gasteiger partial charge on any atom is 0.239 e. The Balaban J connectivity index is 1.88. The molecule has 3 N–H and O–H groups in total. The van der Waals surface area contributed by atoms with Gasteiger partial charge in [-0.25, -0.2) is 8.78 Å². The van der Waals surface area contributed by atoms with Crippen LogP contribution in [-0.4, -0.2) is 50.1 Å². The van der Waals surface area contributed by atoms with Crippen LogP contribution in [0, 0.1) is 11.6 Å². The number of hydrogen-bond donors (Lipinski definition) is 3. The highest BCUT2D eigenvalue weighted by atomic mass is 19.1. The SMILES string of the molecule is CN=C(NCC(=O)NC(C)(C)C)NC1CCN(c2c(F)cccc2F)C1. The van der Waals surface area contributed by atoms with E-state index in [-0.39, 0.29) is 29.7 Å². The van der Waals surface area contributed by atoms with E-state index in [1.165, 1.54) is 18.2 Å². The summed E-state index contributed by atoms with van der Waals surface area (Å²) in [5.74, 6) is -0.782. The molecular weight excluding hydrogens is 340 g/mol. The summed E-state index contributed by atoms with van der Waals surface area (Å²) in [6, 6.07) is 3.85. The van der Waals surface area contributed by atoms with E-state index < -0.39 is 11.6 Å². The number of carbonyl (C=O) groups is 1. The maximum atomic E-state index is 13.9. The van der Waals surface area contributed by atoms with E-state index >= 15 is 0 Å². The number of hydrogen-bond acceptors (Lipinski definition) is 3. The lowest BCUT2D eigenvalue weighted by molar-refractivity contribution is -0.121. The van der Waals surface area contributed by atoms with E-state index in [0.717, 1.165) is 0 Å². The molecule has 1 fully saturated rings. The molecule has 1 aromatic rings. The van der Waals surface area contributed by atoms with Crippen LogP contribution in [0.4, 0.5) is 14.5 Å². The number of carbonyl (C=O) groups excluding carboxylic acids is 1. The molecule has 1 aliphatic rings. The number of nitrogens with zero attached hydrogens (tertiary/aromatic N) is 2. The van der Waals surface area contributed by atoms with Crippen LogP contribution >= 0.6 is 0 Å². The van der Waals surface area contributed by atoms with E-state index in [1.807, 2.05) is 20.8 Å². The molecule has 1 amide bonds. The van der Waals surface area contributed by atoms with Crippen molar-refractivity contribution in [2.75, 3.05) is 31.6 Å². The van der Waals surface area contributed by atoms with Crippen molar-refractivity contribution in [3.05, 3.63) is 29.8 Å². The second kappa shape index (κ2) is 8.33. The van der Waals surface area contributed by atoms with E-state index in [2.05, 4.69) is 20.9 Å². The van der Waals surface area contributed by atoms with Gasteiger partial charge in [-0.15, -0.1) is 0 Å². The Morgan fingerprint density at radius 3 is 2.54 bits per heavy atom. The molecule has 8 heteroatoms. The molecule has 1 saturated heterocycles. The van der Waals surface area contributed by atoms with Gasteiger partial charge in [-0.3, -0.25) is 9.79 Å². The monoisotopic (exact) mass is 367 g/mol. The van der Waals surface area contributed by atoms with Crippen LogP contribution in [0.1, 0.15) is 27.2 Å². The zero-order chi connectivity index (χ0) is 19.3. The van der Waals surface area contributed by atoms with Crippen LogP contribution in [-0.2, 0) is 4.79 Å². The molecule has 0 bridgehead atoms. The van der Waals surface area contributed by atoms with Crippen molar-refractivity contribution in [2.24, 2.45) is 4.99 Å². The minimum absolute atomic E-state index is 0.00398. The number of amides is 1. The summed E-state index contributed by atoms with van der Waals surface area (Å²) >= 11 is 0. The van der Waals surface area contributed by atoms with Gasteiger partial charge in [0.1, 0.15) is 17.3 Å². The molecule has 1 aromatic carbocycles. The Bertz CT molecular complexity index is 652. The van der Waals surface area contributed by atoms with Crippen molar-refractivity contribution >= 4 is 17.6 Å². The molecule has 1 unspecified atom stereocenters. The Morgan fingerprint density at radius 2 is 1.96 bits per heavy atom. The molecule has 0 radical (unpaired) electrons. The van der Waals surface area contributed by atoms with Gasteiger partial charge in [0, 0.05) is 31.7 Å². The van der Waals surface area contributed by atoms with Crippen molar-refractivity contribution in [2.45, 2.75) is 38.8 Å². The summed E-state index contributed by atoms with van der Waals surface area (Å²) in [7, 11) is 1.61. The molecule has 2 rings (SSSR count). The van der Waals surface area contributed by atoms with Crippen LogP contribution in [0.25, 0.3) is 0 Å². The molecule has 6 nitrogen and oxygen atoms in total. The molecule has 1 heterocycles. The number of para-hydroxylation sites is 1. The molecule has 0 saturated carbocycles. The first-order valence-corrected chi connectivity index (χ1v) is 8.67. The van der Waals surface area contributed by atoms with Gasteiger partial charge in [-0.2, -0.15) is 0 Å². The topological polar surface area (TPSA) is 68.8 Å². The summed E-state index contributed by atoms with van der Waals surface area (Å²) < 4.78 is 27.8. The highest BCUT2D eigenvalue weighted by molar-refractivity contribution is 5.86. The smallest absolute Gasteiger partial charge is 0.239 e. The second-order valence-corrected chi connectivity index (χ2v) is 7.37. The fraction of sp³-hybridized carbons (Fsp3) is 0.556. The van der Waals surface area contributed by atoms with Gasteiger partial charge < -0.3 is 20.9 Å². The first kappa shape index (κ1) is 19.9. The molecule has 144 valence electrons. The van der Waals surface area contributed by atoms with E-state index in [9.17, 15) is 13.6 Å². The van der Waals surface area contributed by atoms with Crippen LogP contribution in [0.2, 0.25) is 0 Å². The summed E-state index contributed by atoms with van der Waals surface area (Å²) in [6.45, 7) is 6.81. The lowest BCUT2D eigenvalue weighted by Gasteiger charge is -2.22. The minimum atomic E-state index is -0.563. The average Bonchev–Trinajstić information content (AvgIpc) is 2.97. The lowest BCUT2D eigenvalue weighted by Crippen LogP contribution is -2.50. The van der Waals surface area contributed by atoms with Crippen LogP contribution in [0.5, 0.6) is 0 Å². The summed E-state index contributed by atoms with van der Waals surface area (Å²) in [4.78, 5) is 17.7. The second-order valence-electron chi connectivity index (χ2n) is 7.37. The van der Waals surface area contributed by atoms with Gasteiger partial charge in [-0.05, 0) is 39.3 Å². The third-order valence-corrected chi connectivity index (χ3v) is 3.94. The highest BCUT2D eigenvalue weighted by Gasteiger charge is 2.27. The lowest BCUT2D eigenvalue weighted by atomic mass is 10.1. The van der Waals surface area contributed by atoms with Gasteiger partial charge in [0.15, 0.2) is 5.96 Å². The van der Waals surface area contributed by atoms with E-state index in [0.29, 0.717) is 25.5 Å². The number of anilines is 1. The number of nitrogens with one attached hydrogen (secondary N) is 3. The Kier molecular flexibility index (Phi) is 6.39. The van der Waals surface area contributed by atoms with Crippen molar-refractivity contribution in [3.8, 4) is 0 Å². The summed E-state index contributed by atoms with van der Waals surface area (Å²) in [5, 5.41) is 9.01. The largest absolute Gasteiger partial charge is 0.365 e. The Morgan fingerprint density at radius 1 is 1.31 bits per heavy atom. The normalized spacial score (nSPS) is 18.0.